The molecule has 3 rings (SSSR count). The summed E-state index contributed by atoms with van der Waals surface area (Å²) in [7, 11) is 3.45. The summed E-state index contributed by atoms with van der Waals surface area (Å²) < 4.78 is 0. The molecule has 0 aliphatic carbocycles. The minimum Gasteiger partial charge on any atom is -0.331 e. The van der Waals surface area contributed by atoms with Crippen LogP contribution in [0.5, 0.6) is 0 Å². The van der Waals surface area contributed by atoms with Gasteiger partial charge in [-0.05, 0) is 17.5 Å². The largest absolute Gasteiger partial charge is 0.331 e. The number of carbonyl (C=O) groups is 2. The van der Waals surface area contributed by atoms with Crippen molar-refractivity contribution in [1.29, 1.82) is 0 Å². The number of nitrogens with one attached hydrogen (secondary N) is 2. The summed E-state index contributed by atoms with van der Waals surface area (Å²) >= 11 is 0. The topological polar surface area (TPSA) is 94.2 Å². The second-order valence-electron chi connectivity index (χ2n) is 5.61. The quantitative estimate of drug-likeness (QED) is 0.868. The molecule has 0 atom stereocenters. The molecule has 2 N–H and O–H groups in total. The maximum absolute atomic E-state index is 12.4. The molecular weight excluding hydrogens is 296 g/mol. The van der Waals surface area contributed by atoms with E-state index in [2.05, 4.69) is 20.5 Å². The minimum absolute atomic E-state index is 0.0381. The number of H-pyrrole nitrogens is 1. The second-order valence-corrected chi connectivity index (χ2v) is 5.61. The van der Waals surface area contributed by atoms with Gasteiger partial charge in [-0.1, -0.05) is 0 Å². The number of carbonyl (C=O) groups excluding carboxylic acids is 2. The van der Waals surface area contributed by atoms with Crippen LogP contribution in [-0.4, -0.2) is 57.6 Å². The fourth-order valence-corrected chi connectivity index (χ4v) is 2.65. The fourth-order valence-electron chi connectivity index (χ4n) is 2.65. The lowest BCUT2D eigenvalue weighted by atomic mass is 9.97. The third-order valence-corrected chi connectivity index (χ3v) is 3.79. The molecule has 1 aliphatic rings. The molecule has 2 aromatic heterocycles. The molecule has 3 amide bonds. The van der Waals surface area contributed by atoms with Gasteiger partial charge < -0.3 is 15.1 Å². The van der Waals surface area contributed by atoms with Crippen LogP contribution in [0, 0.1) is 0 Å². The summed E-state index contributed by atoms with van der Waals surface area (Å²) in [6.45, 7) is 1.05. The zero-order valence-corrected chi connectivity index (χ0v) is 13.0. The first-order chi connectivity index (χ1) is 11.1. The average molecular weight is 314 g/mol. The Balaban J connectivity index is 1.82. The molecule has 0 fully saturated rings. The van der Waals surface area contributed by atoms with E-state index in [1.165, 1.54) is 6.20 Å². The molecule has 0 radical (unpaired) electrons. The minimum atomic E-state index is -0.219. The summed E-state index contributed by atoms with van der Waals surface area (Å²) in [5.74, 6) is -0.219. The molecule has 8 heteroatoms. The predicted octanol–water partition coefficient (Wildman–Crippen LogP) is 1.10. The Kier molecular flexibility index (Phi) is 3.96. The number of fused-ring (bicyclic) bond motifs is 1. The van der Waals surface area contributed by atoms with Gasteiger partial charge in [0.15, 0.2) is 0 Å². The van der Waals surface area contributed by atoms with Crippen molar-refractivity contribution in [2.45, 2.75) is 13.0 Å². The Bertz CT molecular complexity index is 726. The first kappa shape index (κ1) is 15.0. The van der Waals surface area contributed by atoms with Crippen LogP contribution in [0.25, 0.3) is 0 Å². The molecule has 0 aromatic carbocycles. The number of pyridine rings is 1. The van der Waals surface area contributed by atoms with Crippen LogP contribution in [0.3, 0.4) is 0 Å². The van der Waals surface area contributed by atoms with Gasteiger partial charge in [0, 0.05) is 45.8 Å². The fraction of sp³-hybridized carbons (Fsp3) is 0.333. The van der Waals surface area contributed by atoms with E-state index < -0.39 is 0 Å². The van der Waals surface area contributed by atoms with Gasteiger partial charge in [0.05, 0.1) is 17.4 Å². The maximum Gasteiger partial charge on any atom is 0.319 e. The van der Waals surface area contributed by atoms with Crippen LogP contribution < -0.4 is 5.32 Å². The number of nitrogens with zero attached hydrogens (tertiary/aromatic N) is 4. The lowest BCUT2D eigenvalue weighted by Gasteiger charge is -2.31. The normalized spacial score (nSPS) is 13.4. The predicted molar refractivity (Wildman–Crippen MR) is 84.0 cm³/mol. The summed E-state index contributed by atoms with van der Waals surface area (Å²) in [5, 5.41) is 9.23. The van der Waals surface area contributed by atoms with Gasteiger partial charge >= 0.3 is 6.03 Å². The van der Waals surface area contributed by atoms with Crippen molar-refractivity contribution in [1.82, 2.24) is 25.0 Å². The van der Waals surface area contributed by atoms with Crippen LogP contribution in [0.15, 0.2) is 24.8 Å². The third-order valence-electron chi connectivity index (χ3n) is 3.79. The number of anilines is 1. The van der Waals surface area contributed by atoms with Crippen LogP contribution in [-0.2, 0) is 13.0 Å². The summed E-state index contributed by atoms with van der Waals surface area (Å²) in [5.41, 5.74) is 3.00. The zero-order chi connectivity index (χ0) is 16.4. The molecule has 0 unspecified atom stereocenters. The number of aromatic nitrogens is 3. The van der Waals surface area contributed by atoms with E-state index in [1.807, 2.05) is 0 Å². The number of aromatic amines is 1. The Hall–Kier alpha value is -2.90. The van der Waals surface area contributed by atoms with Crippen molar-refractivity contribution < 1.29 is 9.59 Å². The van der Waals surface area contributed by atoms with E-state index >= 15 is 0 Å². The van der Waals surface area contributed by atoms with E-state index in [0.29, 0.717) is 30.8 Å². The Labute approximate surface area is 133 Å². The highest BCUT2D eigenvalue weighted by Gasteiger charge is 2.25. The summed E-state index contributed by atoms with van der Waals surface area (Å²) in [4.78, 5) is 32.0. The molecule has 0 saturated heterocycles. The maximum atomic E-state index is 12.4. The van der Waals surface area contributed by atoms with E-state index in [0.717, 1.165) is 11.1 Å². The van der Waals surface area contributed by atoms with Crippen LogP contribution >= 0.6 is 0 Å². The first-order valence-corrected chi connectivity index (χ1v) is 7.28. The van der Waals surface area contributed by atoms with Gasteiger partial charge in [0.25, 0.3) is 5.91 Å². The van der Waals surface area contributed by atoms with Crippen molar-refractivity contribution >= 4 is 17.6 Å². The van der Waals surface area contributed by atoms with Crippen molar-refractivity contribution in [2.24, 2.45) is 0 Å². The van der Waals surface area contributed by atoms with Crippen molar-refractivity contribution in [3.05, 3.63) is 41.5 Å². The number of urea groups is 1. The second kappa shape index (κ2) is 6.07. The van der Waals surface area contributed by atoms with E-state index in [4.69, 9.17) is 0 Å². The molecule has 1 aliphatic heterocycles. The smallest absolute Gasteiger partial charge is 0.319 e. The molecule has 2 aromatic rings. The zero-order valence-electron chi connectivity index (χ0n) is 13.0. The van der Waals surface area contributed by atoms with Gasteiger partial charge in [-0.3, -0.25) is 14.9 Å². The number of hydrogen-bond donors (Lipinski definition) is 2. The standard InChI is InChI=1S/C15H18N6O2/c1-20(2)15(23)21-4-3-12-10(9-21)5-16-8-13(12)14(22)19-11-6-17-18-7-11/h5-8H,3-4,9H2,1-2H3,(H,17,18)(H,19,22). The molecule has 0 saturated carbocycles. The van der Waals surface area contributed by atoms with Crippen LogP contribution in [0.2, 0.25) is 0 Å². The van der Waals surface area contributed by atoms with E-state index in [1.54, 1.807) is 42.5 Å². The van der Waals surface area contributed by atoms with Crippen LogP contribution in [0.4, 0.5) is 10.5 Å². The summed E-state index contributed by atoms with van der Waals surface area (Å²) in [6.07, 6.45) is 7.07. The molecule has 3 heterocycles. The molecule has 0 spiro atoms. The van der Waals surface area contributed by atoms with Gasteiger partial charge in [0.2, 0.25) is 0 Å². The Morgan fingerprint density at radius 3 is 2.83 bits per heavy atom. The summed E-state index contributed by atoms with van der Waals surface area (Å²) in [6, 6.07) is -0.0381. The molecular formula is C15H18N6O2. The molecule has 8 nitrogen and oxygen atoms in total. The van der Waals surface area contributed by atoms with Crippen molar-refractivity contribution in [2.75, 3.05) is 26.0 Å². The van der Waals surface area contributed by atoms with E-state index in [-0.39, 0.29) is 11.9 Å². The monoisotopic (exact) mass is 314 g/mol. The molecule has 120 valence electrons. The SMILES string of the molecule is CN(C)C(=O)N1CCc2c(cncc2C(=O)Nc2cn[nH]c2)C1. The third kappa shape index (κ3) is 3.01. The lowest BCUT2D eigenvalue weighted by molar-refractivity contribution is 0.102. The number of hydrogen-bond acceptors (Lipinski definition) is 4. The molecule has 23 heavy (non-hydrogen) atoms. The highest BCUT2D eigenvalue weighted by Crippen LogP contribution is 2.23. The van der Waals surface area contributed by atoms with Gasteiger partial charge in [0.1, 0.15) is 0 Å². The molecule has 0 bridgehead atoms. The van der Waals surface area contributed by atoms with E-state index in [9.17, 15) is 9.59 Å². The van der Waals surface area contributed by atoms with Crippen molar-refractivity contribution in [3.63, 3.8) is 0 Å². The first-order valence-electron chi connectivity index (χ1n) is 7.28. The van der Waals surface area contributed by atoms with Crippen molar-refractivity contribution in [3.8, 4) is 0 Å². The average Bonchev–Trinajstić information content (AvgIpc) is 3.05. The van der Waals surface area contributed by atoms with Gasteiger partial charge in [-0.25, -0.2) is 4.79 Å². The van der Waals surface area contributed by atoms with Gasteiger partial charge in [-0.15, -0.1) is 0 Å². The van der Waals surface area contributed by atoms with Gasteiger partial charge in [-0.2, -0.15) is 5.10 Å². The Morgan fingerprint density at radius 1 is 1.30 bits per heavy atom. The number of amides is 3. The highest BCUT2D eigenvalue weighted by molar-refractivity contribution is 6.05. The highest BCUT2D eigenvalue weighted by atomic mass is 16.2. The Morgan fingerprint density at radius 2 is 2.13 bits per heavy atom. The number of rotatable bonds is 2. The lowest BCUT2D eigenvalue weighted by Crippen LogP contribution is -2.42. The van der Waals surface area contributed by atoms with Crippen LogP contribution in [0.1, 0.15) is 21.5 Å².